The molecule has 1 heterocycles. The van der Waals surface area contributed by atoms with E-state index in [9.17, 15) is 4.79 Å². The molecule has 0 spiro atoms. The molecule has 1 rings (SSSR count). The smallest absolute Gasteiger partial charge is 0.321 e. The normalized spacial score (nSPS) is 12.5. The van der Waals surface area contributed by atoms with Gasteiger partial charge >= 0.3 is 5.97 Å². The zero-order valence-electron chi connectivity index (χ0n) is 8.00. The second-order valence-corrected chi connectivity index (χ2v) is 3.78. The Kier molecular flexibility index (Phi) is 4.32. The largest absolute Gasteiger partial charge is 0.480 e. The summed E-state index contributed by atoms with van der Waals surface area (Å²) in [5.74, 6) is -0.915. The Bertz CT molecular complexity index is 351. The van der Waals surface area contributed by atoms with Crippen molar-refractivity contribution in [2.45, 2.75) is 12.5 Å². The molecule has 1 aromatic heterocycles. The quantitative estimate of drug-likeness (QED) is 0.795. The average molecular weight is 249 g/mol. The Morgan fingerprint density at radius 1 is 1.53 bits per heavy atom. The zero-order chi connectivity index (χ0) is 11.4. The number of nitrogens with one attached hydrogen (secondary N) is 1. The number of pyridine rings is 1. The third-order valence-corrected chi connectivity index (χ3v) is 2.30. The zero-order valence-corrected chi connectivity index (χ0v) is 9.51. The second kappa shape index (κ2) is 5.30. The standard InChI is InChI=1S/C9H10Cl2N2O2/c1-12-6(9(14)15)2-5-3-7(10)13-8(11)4-5/h3-4,6,12H,2H2,1H3,(H,14,15). The summed E-state index contributed by atoms with van der Waals surface area (Å²) in [6.07, 6.45) is 0.313. The van der Waals surface area contributed by atoms with Crippen LogP contribution in [0.4, 0.5) is 0 Å². The highest BCUT2D eigenvalue weighted by atomic mass is 35.5. The van der Waals surface area contributed by atoms with Crippen molar-refractivity contribution in [1.82, 2.24) is 10.3 Å². The number of hydrogen-bond donors (Lipinski definition) is 2. The number of likely N-dealkylation sites (N-methyl/N-ethyl adjacent to an activating group) is 1. The van der Waals surface area contributed by atoms with Crippen LogP contribution in [-0.4, -0.2) is 29.1 Å². The van der Waals surface area contributed by atoms with Crippen molar-refractivity contribution in [3.8, 4) is 0 Å². The summed E-state index contributed by atoms with van der Waals surface area (Å²) in [5.41, 5.74) is 0.738. The Labute approximate surface area is 97.2 Å². The third-order valence-electron chi connectivity index (χ3n) is 1.91. The van der Waals surface area contributed by atoms with Crippen LogP contribution in [0.25, 0.3) is 0 Å². The molecule has 82 valence electrons. The van der Waals surface area contributed by atoms with Crippen molar-refractivity contribution in [1.29, 1.82) is 0 Å². The van der Waals surface area contributed by atoms with Gasteiger partial charge in [-0.15, -0.1) is 0 Å². The fraction of sp³-hybridized carbons (Fsp3) is 0.333. The molecular formula is C9H10Cl2N2O2. The molecule has 0 aliphatic rings. The Balaban J connectivity index is 2.83. The minimum Gasteiger partial charge on any atom is -0.480 e. The Morgan fingerprint density at radius 2 is 2.07 bits per heavy atom. The molecule has 0 aliphatic carbocycles. The van der Waals surface area contributed by atoms with Crippen LogP contribution >= 0.6 is 23.2 Å². The van der Waals surface area contributed by atoms with Crippen molar-refractivity contribution in [2.75, 3.05) is 7.05 Å². The molecule has 2 N–H and O–H groups in total. The third kappa shape index (κ3) is 3.66. The fourth-order valence-corrected chi connectivity index (χ4v) is 1.69. The first-order valence-electron chi connectivity index (χ1n) is 4.25. The lowest BCUT2D eigenvalue weighted by molar-refractivity contribution is -0.139. The van der Waals surface area contributed by atoms with Crippen molar-refractivity contribution in [3.63, 3.8) is 0 Å². The van der Waals surface area contributed by atoms with Gasteiger partial charge in [0, 0.05) is 0 Å². The summed E-state index contributed by atoms with van der Waals surface area (Å²) < 4.78 is 0. The fourth-order valence-electron chi connectivity index (χ4n) is 1.18. The Hall–Kier alpha value is -0.840. The molecule has 0 aromatic carbocycles. The molecule has 0 amide bonds. The van der Waals surface area contributed by atoms with Crippen LogP contribution < -0.4 is 5.32 Å². The molecule has 4 nitrogen and oxygen atoms in total. The minimum absolute atomic E-state index is 0.262. The van der Waals surface area contributed by atoms with Crippen molar-refractivity contribution in [3.05, 3.63) is 28.0 Å². The van der Waals surface area contributed by atoms with Gasteiger partial charge in [0.15, 0.2) is 0 Å². The number of carboxylic acid groups (broad SMARTS) is 1. The number of rotatable bonds is 4. The van der Waals surface area contributed by atoms with E-state index in [-0.39, 0.29) is 10.3 Å². The van der Waals surface area contributed by atoms with E-state index in [0.29, 0.717) is 6.42 Å². The van der Waals surface area contributed by atoms with Gasteiger partial charge in [-0.2, -0.15) is 0 Å². The summed E-state index contributed by atoms with van der Waals surface area (Å²) in [5, 5.41) is 12.0. The van der Waals surface area contributed by atoms with Gasteiger partial charge in [0.2, 0.25) is 0 Å². The first-order valence-corrected chi connectivity index (χ1v) is 5.00. The topological polar surface area (TPSA) is 62.2 Å². The molecule has 0 saturated carbocycles. The van der Waals surface area contributed by atoms with Crippen molar-refractivity contribution >= 4 is 29.2 Å². The lowest BCUT2D eigenvalue weighted by Gasteiger charge is -2.11. The maximum Gasteiger partial charge on any atom is 0.321 e. The molecule has 1 aromatic rings. The van der Waals surface area contributed by atoms with Gasteiger partial charge < -0.3 is 10.4 Å². The highest BCUT2D eigenvalue weighted by molar-refractivity contribution is 6.32. The van der Waals surface area contributed by atoms with Gasteiger partial charge in [0.1, 0.15) is 16.3 Å². The van der Waals surface area contributed by atoms with Crippen LogP contribution in [0.2, 0.25) is 10.3 Å². The molecular weight excluding hydrogens is 239 g/mol. The van der Waals surface area contributed by atoms with E-state index in [0.717, 1.165) is 5.56 Å². The van der Waals surface area contributed by atoms with Crippen molar-refractivity contribution < 1.29 is 9.90 Å². The predicted molar refractivity (Wildman–Crippen MR) is 58.4 cm³/mol. The number of nitrogens with zero attached hydrogens (tertiary/aromatic N) is 1. The minimum atomic E-state index is -0.915. The number of carboxylic acids is 1. The van der Waals surface area contributed by atoms with Gasteiger partial charge in [0.05, 0.1) is 0 Å². The lowest BCUT2D eigenvalue weighted by Crippen LogP contribution is -2.35. The van der Waals surface area contributed by atoms with E-state index in [2.05, 4.69) is 10.3 Å². The average Bonchev–Trinajstić information content (AvgIpc) is 2.12. The first kappa shape index (κ1) is 12.2. The second-order valence-electron chi connectivity index (χ2n) is 3.00. The molecule has 0 fully saturated rings. The van der Waals surface area contributed by atoms with E-state index in [1.807, 2.05) is 0 Å². The summed E-state index contributed by atoms with van der Waals surface area (Å²) in [4.78, 5) is 14.5. The molecule has 6 heteroatoms. The molecule has 0 radical (unpaired) electrons. The highest BCUT2D eigenvalue weighted by Crippen LogP contribution is 2.15. The molecule has 0 aliphatic heterocycles. The number of halogens is 2. The van der Waals surface area contributed by atoms with Crippen LogP contribution in [0.1, 0.15) is 5.56 Å². The first-order chi connectivity index (χ1) is 7.02. The van der Waals surface area contributed by atoms with Crippen LogP contribution in [0.5, 0.6) is 0 Å². The van der Waals surface area contributed by atoms with Gasteiger partial charge in [-0.1, -0.05) is 23.2 Å². The van der Waals surface area contributed by atoms with E-state index in [1.165, 1.54) is 0 Å². The van der Waals surface area contributed by atoms with Crippen LogP contribution in [-0.2, 0) is 11.2 Å². The molecule has 15 heavy (non-hydrogen) atoms. The van der Waals surface area contributed by atoms with Crippen LogP contribution in [0.15, 0.2) is 12.1 Å². The van der Waals surface area contributed by atoms with E-state index < -0.39 is 12.0 Å². The lowest BCUT2D eigenvalue weighted by atomic mass is 10.1. The molecule has 1 atom stereocenters. The van der Waals surface area contributed by atoms with Gasteiger partial charge in [-0.25, -0.2) is 4.98 Å². The van der Waals surface area contributed by atoms with Crippen LogP contribution in [0.3, 0.4) is 0 Å². The van der Waals surface area contributed by atoms with E-state index >= 15 is 0 Å². The highest BCUT2D eigenvalue weighted by Gasteiger charge is 2.15. The maximum atomic E-state index is 10.8. The molecule has 0 saturated heterocycles. The Morgan fingerprint density at radius 3 is 2.47 bits per heavy atom. The molecule has 0 bridgehead atoms. The molecule has 1 unspecified atom stereocenters. The monoisotopic (exact) mass is 248 g/mol. The number of hydrogen-bond acceptors (Lipinski definition) is 3. The number of aromatic nitrogens is 1. The van der Waals surface area contributed by atoms with Gasteiger partial charge in [0.25, 0.3) is 0 Å². The van der Waals surface area contributed by atoms with Crippen LogP contribution in [0, 0.1) is 0 Å². The number of aliphatic carboxylic acids is 1. The van der Waals surface area contributed by atoms with Gasteiger partial charge in [-0.3, -0.25) is 4.79 Å². The summed E-state index contributed by atoms with van der Waals surface area (Å²) >= 11 is 11.4. The number of carbonyl (C=O) groups is 1. The summed E-state index contributed by atoms with van der Waals surface area (Å²) in [6, 6.07) is 2.54. The summed E-state index contributed by atoms with van der Waals surface area (Å²) in [6.45, 7) is 0. The van der Waals surface area contributed by atoms with Crippen molar-refractivity contribution in [2.24, 2.45) is 0 Å². The maximum absolute atomic E-state index is 10.8. The van der Waals surface area contributed by atoms with E-state index in [4.69, 9.17) is 28.3 Å². The summed E-state index contributed by atoms with van der Waals surface area (Å²) in [7, 11) is 1.59. The SMILES string of the molecule is CNC(Cc1cc(Cl)nc(Cl)c1)C(=O)O. The van der Waals surface area contributed by atoms with Gasteiger partial charge in [-0.05, 0) is 31.2 Å². The predicted octanol–water partition coefficient (Wildman–Crippen LogP) is 1.60. The van der Waals surface area contributed by atoms with E-state index in [1.54, 1.807) is 19.2 Å².